The molecule has 2 aromatic carbocycles. The normalized spacial score (nSPS) is 12.4. The molecule has 0 aliphatic carbocycles. The molecular weight excluding hydrogens is 435 g/mol. The van der Waals surface area contributed by atoms with Crippen LogP contribution in [-0.2, 0) is 10.0 Å². The van der Waals surface area contributed by atoms with Crippen molar-refractivity contribution >= 4 is 55.4 Å². The minimum Gasteiger partial charge on any atom is -0.330 e. The Balaban J connectivity index is 1.62. The minimum absolute atomic E-state index is 0.115. The Morgan fingerprint density at radius 1 is 1.14 bits per heavy atom. The third-order valence-electron chi connectivity index (χ3n) is 3.60. The first-order valence-corrected chi connectivity index (χ1v) is 11.9. The van der Waals surface area contributed by atoms with Crippen molar-refractivity contribution in [1.29, 1.82) is 0 Å². The summed E-state index contributed by atoms with van der Waals surface area (Å²) in [6.07, 6.45) is 1.06. The fourth-order valence-electron chi connectivity index (χ4n) is 2.35. The summed E-state index contributed by atoms with van der Waals surface area (Å²) in [4.78, 5) is 12.6. The van der Waals surface area contributed by atoms with Crippen LogP contribution in [0.15, 0.2) is 52.9 Å². The van der Waals surface area contributed by atoms with E-state index in [0.29, 0.717) is 26.4 Å². The van der Waals surface area contributed by atoms with Crippen LogP contribution in [0, 0.1) is 5.82 Å². The van der Waals surface area contributed by atoms with Gasteiger partial charge in [0.2, 0.25) is 15.2 Å². The molecule has 0 radical (unpaired) electrons. The van der Waals surface area contributed by atoms with E-state index in [4.69, 9.17) is 0 Å². The number of hydrogen-bond donors (Lipinski definition) is 2. The second kappa shape index (κ2) is 8.89. The van der Waals surface area contributed by atoms with E-state index < -0.39 is 15.3 Å². The summed E-state index contributed by atoms with van der Waals surface area (Å²) in [6.45, 7) is 1.76. The number of benzene rings is 2. The van der Waals surface area contributed by atoms with Gasteiger partial charge in [-0.25, -0.2) is 12.8 Å². The fraction of sp³-hybridized carbons (Fsp3) is 0.167. The monoisotopic (exact) mass is 452 g/mol. The molecule has 7 nitrogen and oxygen atoms in total. The fourth-order valence-corrected chi connectivity index (χ4v) is 4.91. The standard InChI is InChI=1S/C18H17FN4O3S3/c1-11(16(24)12-6-8-14(9-7-12)23-29(2,25)26)27-18-22-21-17(28-18)20-15-5-3-4-13(19)10-15/h3-11,23H,1-2H3,(H,20,21)/t11-/m0/s1. The molecule has 152 valence electrons. The third-order valence-corrected chi connectivity index (χ3v) is 6.23. The van der Waals surface area contributed by atoms with E-state index in [1.807, 2.05) is 0 Å². The van der Waals surface area contributed by atoms with Crippen molar-refractivity contribution in [3.05, 3.63) is 59.9 Å². The maximum absolute atomic E-state index is 13.3. The molecule has 0 bridgehead atoms. The number of carbonyl (C=O) groups excluding carboxylic acids is 1. The van der Waals surface area contributed by atoms with Crippen molar-refractivity contribution < 1.29 is 17.6 Å². The molecule has 0 saturated carbocycles. The summed E-state index contributed by atoms with van der Waals surface area (Å²) in [5, 5.41) is 11.1. The predicted octanol–water partition coefficient (Wildman–Crippen LogP) is 4.16. The summed E-state index contributed by atoms with van der Waals surface area (Å²) in [6, 6.07) is 12.2. The second-order valence-corrected chi connectivity index (χ2v) is 10.4. The highest BCUT2D eigenvalue weighted by Gasteiger charge is 2.19. The van der Waals surface area contributed by atoms with Gasteiger partial charge in [0.1, 0.15) is 5.82 Å². The SMILES string of the molecule is C[C@H](Sc1nnc(Nc2cccc(F)c2)s1)C(=O)c1ccc(NS(C)(=O)=O)cc1. The third kappa shape index (κ3) is 6.24. The first-order valence-electron chi connectivity index (χ1n) is 8.34. The molecule has 1 atom stereocenters. The van der Waals surface area contributed by atoms with E-state index in [2.05, 4.69) is 20.2 Å². The number of rotatable bonds is 8. The van der Waals surface area contributed by atoms with Gasteiger partial charge in [-0.05, 0) is 49.4 Å². The quantitative estimate of drug-likeness (QED) is 0.391. The topological polar surface area (TPSA) is 101 Å². The highest BCUT2D eigenvalue weighted by molar-refractivity contribution is 8.02. The molecule has 1 heterocycles. The molecule has 3 rings (SSSR count). The number of sulfonamides is 1. The molecule has 0 saturated heterocycles. The smallest absolute Gasteiger partial charge is 0.229 e. The maximum atomic E-state index is 13.3. The van der Waals surface area contributed by atoms with Crippen LogP contribution in [0.25, 0.3) is 0 Å². The number of nitrogens with one attached hydrogen (secondary N) is 2. The van der Waals surface area contributed by atoms with Gasteiger partial charge in [0, 0.05) is 16.9 Å². The molecular formula is C18H17FN4O3S3. The van der Waals surface area contributed by atoms with E-state index in [1.54, 1.807) is 31.2 Å². The zero-order chi connectivity index (χ0) is 21.0. The van der Waals surface area contributed by atoms with Crippen LogP contribution >= 0.6 is 23.1 Å². The molecule has 0 unspecified atom stereocenters. The molecule has 29 heavy (non-hydrogen) atoms. The summed E-state index contributed by atoms with van der Waals surface area (Å²) < 4.78 is 38.7. The average Bonchev–Trinajstić information content (AvgIpc) is 3.07. The number of hydrogen-bond acceptors (Lipinski definition) is 8. The zero-order valence-corrected chi connectivity index (χ0v) is 17.9. The van der Waals surface area contributed by atoms with E-state index in [0.717, 1.165) is 6.26 Å². The Morgan fingerprint density at radius 2 is 1.86 bits per heavy atom. The Bertz CT molecular complexity index is 1120. The van der Waals surface area contributed by atoms with E-state index >= 15 is 0 Å². The van der Waals surface area contributed by atoms with Gasteiger partial charge in [-0.3, -0.25) is 9.52 Å². The Hall–Kier alpha value is -2.50. The summed E-state index contributed by atoms with van der Waals surface area (Å²) in [7, 11) is -3.37. The van der Waals surface area contributed by atoms with E-state index in [9.17, 15) is 17.6 Å². The summed E-state index contributed by atoms with van der Waals surface area (Å²) in [5.74, 6) is -0.471. The van der Waals surface area contributed by atoms with Crippen molar-refractivity contribution in [3.8, 4) is 0 Å². The number of carbonyl (C=O) groups is 1. The van der Waals surface area contributed by atoms with Crippen molar-refractivity contribution in [1.82, 2.24) is 10.2 Å². The van der Waals surface area contributed by atoms with Crippen molar-refractivity contribution in [2.24, 2.45) is 0 Å². The molecule has 11 heteroatoms. The number of aromatic nitrogens is 2. The van der Waals surface area contributed by atoms with Crippen LogP contribution in [0.4, 0.5) is 20.9 Å². The number of nitrogens with zero attached hydrogens (tertiary/aromatic N) is 2. The van der Waals surface area contributed by atoms with E-state index in [-0.39, 0.29) is 11.6 Å². The molecule has 0 aliphatic heterocycles. The molecule has 0 amide bonds. The summed E-state index contributed by atoms with van der Waals surface area (Å²) in [5.41, 5.74) is 1.41. The van der Waals surface area contributed by atoms with Gasteiger partial charge in [0.25, 0.3) is 0 Å². The van der Waals surface area contributed by atoms with Crippen molar-refractivity contribution in [2.45, 2.75) is 16.5 Å². The van der Waals surface area contributed by atoms with Gasteiger partial charge >= 0.3 is 0 Å². The van der Waals surface area contributed by atoms with E-state index in [1.165, 1.54) is 47.4 Å². The number of ketones is 1. The number of halogens is 1. The summed E-state index contributed by atoms with van der Waals surface area (Å²) >= 11 is 2.53. The maximum Gasteiger partial charge on any atom is 0.229 e. The van der Waals surface area contributed by atoms with Gasteiger partial charge in [0.05, 0.1) is 11.5 Å². The Morgan fingerprint density at radius 3 is 2.52 bits per heavy atom. The van der Waals surface area contributed by atoms with Gasteiger partial charge in [0.15, 0.2) is 10.1 Å². The van der Waals surface area contributed by atoms with Crippen LogP contribution < -0.4 is 10.0 Å². The number of Topliss-reactive ketones (excluding diaryl/α,β-unsaturated/α-hetero) is 1. The number of anilines is 3. The highest BCUT2D eigenvalue weighted by Crippen LogP contribution is 2.31. The number of thioether (sulfide) groups is 1. The Kier molecular flexibility index (Phi) is 6.50. The van der Waals surface area contributed by atoms with Gasteiger partial charge < -0.3 is 5.32 Å². The lowest BCUT2D eigenvalue weighted by Gasteiger charge is -2.09. The molecule has 0 spiro atoms. The van der Waals surface area contributed by atoms with Gasteiger partial charge in [-0.15, -0.1) is 10.2 Å². The second-order valence-electron chi connectivity index (χ2n) is 6.08. The zero-order valence-electron chi connectivity index (χ0n) is 15.4. The highest BCUT2D eigenvalue weighted by atomic mass is 32.2. The van der Waals surface area contributed by atoms with Crippen molar-refractivity contribution in [2.75, 3.05) is 16.3 Å². The van der Waals surface area contributed by atoms with Crippen LogP contribution in [0.3, 0.4) is 0 Å². The lowest BCUT2D eigenvalue weighted by atomic mass is 10.1. The Labute approximate surface area is 175 Å². The largest absolute Gasteiger partial charge is 0.330 e. The molecule has 1 aromatic heterocycles. The lowest BCUT2D eigenvalue weighted by molar-refractivity contribution is 0.0994. The predicted molar refractivity (Wildman–Crippen MR) is 114 cm³/mol. The first kappa shape index (κ1) is 21.2. The van der Waals surface area contributed by atoms with Gasteiger partial charge in [-0.1, -0.05) is 29.2 Å². The average molecular weight is 453 g/mol. The van der Waals surface area contributed by atoms with Crippen LogP contribution in [0.2, 0.25) is 0 Å². The lowest BCUT2D eigenvalue weighted by Crippen LogP contribution is -2.14. The van der Waals surface area contributed by atoms with Gasteiger partial charge in [-0.2, -0.15) is 0 Å². The van der Waals surface area contributed by atoms with Crippen LogP contribution in [-0.4, -0.2) is 35.9 Å². The first-order chi connectivity index (χ1) is 13.7. The molecule has 2 N–H and O–H groups in total. The molecule has 3 aromatic rings. The molecule has 0 fully saturated rings. The minimum atomic E-state index is -3.37. The van der Waals surface area contributed by atoms with Crippen LogP contribution in [0.5, 0.6) is 0 Å². The van der Waals surface area contributed by atoms with Crippen LogP contribution in [0.1, 0.15) is 17.3 Å². The van der Waals surface area contributed by atoms with Crippen molar-refractivity contribution in [3.63, 3.8) is 0 Å². The molecule has 0 aliphatic rings.